The van der Waals surface area contributed by atoms with E-state index in [0.29, 0.717) is 17.8 Å². The van der Waals surface area contributed by atoms with Gasteiger partial charge in [0.05, 0.1) is 12.3 Å². The van der Waals surface area contributed by atoms with Crippen LogP contribution in [0.25, 0.3) is 0 Å². The zero-order valence-electron chi connectivity index (χ0n) is 21.7. The van der Waals surface area contributed by atoms with E-state index in [1.807, 2.05) is 12.1 Å². The van der Waals surface area contributed by atoms with Crippen LogP contribution in [-0.4, -0.2) is 72.8 Å². The van der Waals surface area contributed by atoms with Crippen LogP contribution >= 0.6 is 0 Å². The third-order valence-electron chi connectivity index (χ3n) is 6.01. The summed E-state index contributed by atoms with van der Waals surface area (Å²) in [6.07, 6.45) is 2.29. The molecule has 3 N–H and O–H groups in total. The van der Waals surface area contributed by atoms with Gasteiger partial charge in [-0.25, -0.2) is 18.0 Å². The summed E-state index contributed by atoms with van der Waals surface area (Å²) in [5.41, 5.74) is 4.38. The first-order valence-electron chi connectivity index (χ1n) is 12.4. The van der Waals surface area contributed by atoms with E-state index in [-0.39, 0.29) is 6.04 Å². The Morgan fingerprint density at radius 1 is 0.821 bits per heavy atom. The van der Waals surface area contributed by atoms with Gasteiger partial charge in [0.1, 0.15) is 0 Å². The molecule has 3 aromatic rings. The van der Waals surface area contributed by atoms with Crippen molar-refractivity contribution in [1.29, 1.82) is 0 Å². The molecule has 0 radical (unpaired) electrons. The highest BCUT2D eigenvalue weighted by Crippen LogP contribution is 2.29. The van der Waals surface area contributed by atoms with Crippen molar-refractivity contribution in [3.05, 3.63) is 114 Å². The SMILES string of the molecule is CS(=O)(=O)Nc1cccc(CN2CCN(C(c3ccccc3)c3ccccc3)CC2)c1.O=C(O)C=CC(=O)O. The molecule has 206 valence electrons. The molecule has 0 amide bonds. The average molecular weight is 552 g/mol. The lowest BCUT2D eigenvalue weighted by molar-refractivity contribution is -0.134. The monoisotopic (exact) mass is 551 g/mol. The summed E-state index contributed by atoms with van der Waals surface area (Å²) in [7, 11) is -3.27. The molecule has 0 unspecified atom stereocenters. The van der Waals surface area contributed by atoms with Crippen molar-refractivity contribution in [2.24, 2.45) is 0 Å². The Morgan fingerprint density at radius 2 is 1.33 bits per heavy atom. The van der Waals surface area contributed by atoms with Gasteiger partial charge in [0.15, 0.2) is 0 Å². The summed E-state index contributed by atoms with van der Waals surface area (Å²) in [4.78, 5) is 24.1. The van der Waals surface area contributed by atoms with Gasteiger partial charge in [-0.05, 0) is 28.8 Å². The molecule has 1 saturated heterocycles. The first kappa shape index (κ1) is 29.6. The molecular formula is C29H33N3O6S. The molecule has 9 nitrogen and oxygen atoms in total. The smallest absolute Gasteiger partial charge is 0.328 e. The highest BCUT2D eigenvalue weighted by molar-refractivity contribution is 7.92. The fourth-order valence-electron chi connectivity index (χ4n) is 4.41. The summed E-state index contributed by atoms with van der Waals surface area (Å²) >= 11 is 0. The van der Waals surface area contributed by atoms with Crippen molar-refractivity contribution in [2.45, 2.75) is 12.6 Å². The summed E-state index contributed by atoms with van der Waals surface area (Å²) in [6.45, 7) is 4.72. The maximum atomic E-state index is 11.5. The molecule has 1 heterocycles. The number of anilines is 1. The van der Waals surface area contributed by atoms with Crippen molar-refractivity contribution in [3.63, 3.8) is 0 Å². The van der Waals surface area contributed by atoms with E-state index in [2.05, 4.69) is 81.3 Å². The van der Waals surface area contributed by atoms with Crippen LogP contribution in [0.4, 0.5) is 5.69 Å². The summed E-state index contributed by atoms with van der Waals surface area (Å²) in [5.74, 6) is -2.51. The lowest BCUT2D eigenvalue weighted by atomic mass is 9.96. The standard InChI is InChI=1S/C25H29N3O2S.C4H4O4/c1-31(29,30)26-24-14-8-9-21(19-24)20-27-15-17-28(18-16-27)25(22-10-4-2-5-11-22)23-12-6-3-7-13-23;5-3(6)1-2-4(7)8/h2-14,19,25-26H,15-18,20H2,1H3;1-2H,(H,5,6)(H,7,8). The second-order valence-corrected chi connectivity index (χ2v) is 10.9. The number of hydrogen-bond acceptors (Lipinski definition) is 6. The van der Waals surface area contributed by atoms with Gasteiger partial charge in [0, 0.05) is 50.6 Å². The van der Waals surface area contributed by atoms with E-state index < -0.39 is 22.0 Å². The van der Waals surface area contributed by atoms with Gasteiger partial charge in [0.25, 0.3) is 0 Å². The minimum absolute atomic E-state index is 0.256. The van der Waals surface area contributed by atoms with Gasteiger partial charge in [0.2, 0.25) is 10.0 Å². The molecule has 3 aromatic carbocycles. The number of piperazine rings is 1. The van der Waals surface area contributed by atoms with Crippen LogP contribution in [0.1, 0.15) is 22.7 Å². The van der Waals surface area contributed by atoms with Crippen molar-refractivity contribution >= 4 is 27.6 Å². The Hall–Kier alpha value is -3.99. The molecule has 0 bridgehead atoms. The Morgan fingerprint density at radius 3 is 1.79 bits per heavy atom. The van der Waals surface area contributed by atoms with Crippen LogP contribution in [0.15, 0.2) is 97.1 Å². The number of nitrogens with one attached hydrogen (secondary N) is 1. The fourth-order valence-corrected chi connectivity index (χ4v) is 4.97. The average Bonchev–Trinajstić information content (AvgIpc) is 2.90. The number of nitrogens with zero attached hydrogens (tertiary/aromatic N) is 2. The minimum atomic E-state index is -3.27. The lowest BCUT2D eigenvalue weighted by Gasteiger charge is -2.40. The number of sulfonamides is 1. The lowest BCUT2D eigenvalue weighted by Crippen LogP contribution is -2.47. The zero-order valence-corrected chi connectivity index (χ0v) is 22.5. The number of aliphatic carboxylic acids is 2. The van der Waals surface area contributed by atoms with Gasteiger partial charge in [-0.3, -0.25) is 14.5 Å². The quantitative estimate of drug-likeness (QED) is 0.344. The molecule has 0 aliphatic carbocycles. The number of carboxylic acids is 2. The molecular weight excluding hydrogens is 518 g/mol. The maximum Gasteiger partial charge on any atom is 0.328 e. The van der Waals surface area contributed by atoms with E-state index in [4.69, 9.17) is 10.2 Å². The van der Waals surface area contributed by atoms with Gasteiger partial charge >= 0.3 is 11.9 Å². The second kappa shape index (κ2) is 14.2. The summed E-state index contributed by atoms with van der Waals surface area (Å²) < 4.78 is 25.6. The van der Waals surface area contributed by atoms with Crippen LogP contribution in [0.5, 0.6) is 0 Å². The number of carboxylic acid groups (broad SMARTS) is 2. The van der Waals surface area contributed by atoms with Gasteiger partial charge in [-0.2, -0.15) is 0 Å². The zero-order chi connectivity index (χ0) is 28.3. The molecule has 0 atom stereocenters. The Kier molecular flexibility index (Phi) is 10.8. The van der Waals surface area contributed by atoms with E-state index >= 15 is 0 Å². The highest BCUT2D eigenvalue weighted by Gasteiger charge is 2.26. The Labute approximate surface area is 229 Å². The molecule has 4 rings (SSSR count). The molecule has 10 heteroatoms. The van der Waals surface area contributed by atoms with Crippen molar-refractivity contribution in [1.82, 2.24) is 9.80 Å². The molecule has 0 saturated carbocycles. The molecule has 39 heavy (non-hydrogen) atoms. The molecule has 1 aliphatic rings. The Bertz CT molecular complexity index is 1300. The van der Waals surface area contributed by atoms with Crippen molar-refractivity contribution in [3.8, 4) is 0 Å². The van der Waals surface area contributed by atoms with Gasteiger partial charge in [-0.15, -0.1) is 0 Å². The predicted octanol–water partition coefficient (Wildman–Crippen LogP) is 3.68. The van der Waals surface area contributed by atoms with E-state index in [9.17, 15) is 18.0 Å². The first-order chi connectivity index (χ1) is 18.6. The molecule has 1 aliphatic heterocycles. The summed E-state index contributed by atoms with van der Waals surface area (Å²) in [6, 6.07) is 29.3. The molecule has 0 aromatic heterocycles. The van der Waals surface area contributed by atoms with Crippen LogP contribution in [0.3, 0.4) is 0 Å². The second-order valence-electron chi connectivity index (χ2n) is 9.12. The third kappa shape index (κ3) is 10.4. The van der Waals surface area contributed by atoms with Crippen LogP contribution < -0.4 is 4.72 Å². The highest BCUT2D eigenvalue weighted by atomic mass is 32.2. The largest absolute Gasteiger partial charge is 0.478 e. The Balaban J connectivity index is 0.000000459. The van der Waals surface area contributed by atoms with E-state index in [1.165, 1.54) is 17.4 Å². The van der Waals surface area contributed by atoms with Gasteiger partial charge in [-0.1, -0.05) is 72.8 Å². The van der Waals surface area contributed by atoms with Crippen LogP contribution in [0.2, 0.25) is 0 Å². The van der Waals surface area contributed by atoms with Crippen molar-refractivity contribution in [2.75, 3.05) is 37.2 Å². The number of benzene rings is 3. The van der Waals surface area contributed by atoms with Gasteiger partial charge < -0.3 is 10.2 Å². The van der Waals surface area contributed by atoms with Crippen LogP contribution in [-0.2, 0) is 26.2 Å². The molecule has 1 fully saturated rings. The van der Waals surface area contributed by atoms with Crippen LogP contribution in [0, 0.1) is 0 Å². The van der Waals surface area contributed by atoms with E-state index in [0.717, 1.165) is 38.3 Å². The maximum absolute atomic E-state index is 11.5. The van der Waals surface area contributed by atoms with Crippen molar-refractivity contribution < 1.29 is 28.2 Å². The predicted molar refractivity (Wildman–Crippen MR) is 151 cm³/mol. The fraction of sp³-hybridized carbons (Fsp3) is 0.241. The number of carbonyl (C=O) groups is 2. The summed E-state index contributed by atoms with van der Waals surface area (Å²) in [5, 5.41) is 15.6. The molecule has 0 spiro atoms. The number of hydrogen-bond donors (Lipinski definition) is 3. The van der Waals surface area contributed by atoms with E-state index in [1.54, 1.807) is 6.07 Å². The third-order valence-corrected chi connectivity index (χ3v) is 6.61. The first-order valence-corrected chi connectivity index (χ1v) is 14.3. The topological polar surface area (TPSA) is 127 Å². The minimum Gasteiger partial charge on any atom is -0.478 e. The normalized spacial score (nSPS) is 14.5. The number of rotatable bonds is 9.